The maximum Gasteiger partial charge on any atom is 0.316 e. The zero-order valence-corrected chi connectivity index (χ0v) is 14.2. The predicted molar refractivity (Wildman–Crippen MR) is 88.1 cm³/mol. The molecule has 1 aromatic heterocycles. The number of rotatable bonds is 2. The smallest absolute Gasteiger partial charge is 0.316 e. The Morgan fingerprint density at radius 1 is 1.26 bits per heavy atom. The number of carbonyl (C=O) groups is 1. The molecule has 1 aliphatic heterocycles. The van der Waals surface area contributed by atoms with Gasteiger partial charge in [0.05, 0.1) is 7.11 Å². The molecule has 0 aliphatic carbocycles. The van der Waals surface area contributed by atoms with Crippen LogP contribution >= 0.6 is 0 Å². The topological polar surface area (TPSA) is 57.0 Å². The quantitative estimate of drug-likeness (QED) is 0.798. The third-order valence-electron chi connectivity index (χ3n) is 4.37. The van der Waals surface area contributed by atoms with E-state index in [2.05, 4.69) is 55.1 Å². The first-order chi connectivity index (χ1) is 10.9. The summed E-state index contributed by atoms with van der Waals surface area (Å²) in [5.74, 6) is 0.867. The van der Waals surface area contributed by atoms with Crippen molar-refractivity contribution in [2.75, 3.05) is 7.11 Å². The lowest BCUT2D eigenvalue weighted by Gasteiger charge is -2.19. The fraction of sp³-hybridized carbons (Fsp3) is 0.500. The average molecular weight is 313 g/mol. The van der Waals surface area contributed by atoms with E-state index in [0.29, 0.717) is 5.82 Å². The predicted octanol–water partition coefficient (Wildman–Crippen LogP) is 3.29. The maximum atomic E-state index is 11.9. The molecule has 1 aliphatic rings. The summed E-state index contributed by atoms with van der Waals surface area (Å²) in [7, 11) is 1.42. The van der Waals surface area contributed by atoms with Gasteiger partial charge in [-0.05, 0) is 23.8 Å². The second-order valence-corrected chi connectivity index (χ2v) is 7.06. The molecule has 1 unspecified atom stereocenters. The van der Waals surface area contributed by atoms with Crippen LogP contribution in [0.3, 0.4) is 0 Å². The van der Waals surface area contributed by atoms with Gasteiger partial charge >= 0.3 is 5.97 Å². The van der Waals surface area contributed by atoms with E-state index in [1.165, 1.54) is 12.7 Å². The minimum absolute atomic E-state index is 0.120. The highest BCUT2D eigenvalue weighted by atomic mass is 16.5. The minimum atomic E-state index is -0.302. The van der Waals surface area contributed by atoms with Crippen LogP contribution in [-0.4, -0.2) is 27.8 Å². The summed E-state index contributed by atoms with van der Waals surface area (Å²) in [4.78, 5) is 16.5. The summed E-state index contributed by atoms with van der Waals surface area (Å²) in [6.45, 7) is 7.37. The van der Waals surface area contributed by atoms with E-state index in [0.717, 1.165) is 30.8 Å². The molecule has 0 spiro atoms. The number of hydrogen-bond donors (Lipinski definition) is 0. The fourth-order valence-corrected chi connectivity index (χ4v) is 2.96. The van der Waals surface area contributed by atoms with Crippen LogP contribution in [0.5, 0.6) is 0 Å². The number of nitrogens with zero attached hydrogens (tertiary/aromatic N) is 3. The first-order valence-electron chi connectivity index (χ1n) is 8.03. The lowest BCUT2D eigenvalue weighted by Crippen LogP contribution is -2.24. The molecular weight excluding hydrogens is 290 g/mol. The number of ether oxygens (including phenoxy) is 1. The van der Waals surface area contributed by atoms with Crippen LogP contribution in [0, 0.1) is 0 Å². The first kappa shape index (κ1) is 15.7. The van der Waals surface area contributed by atoms with E-state index in [9.17, 15) is 4.79 Å². The molecule has 5 nitrogen and oxygen atoms in total. The van der Waals surface area contributed by atoms with Crippen LogP contribution in [0.15, 0.2) is 24.3 Å². The second kappa shape index (κ2) is 5.80. The Kier molecular flexibility index (Phi) is 3.96. The third kappa shape index (κ3) is 3.00. The molecule has 0 bridgehead atoms. The van der Waals surface area contributed by atoms with Gasteiger partial charge in [0.2, 0.25) is 0 Å². The number of hydrogen-bond acceptors (Lipinski definition) is 4. The summed E-state index contributed by atoms with van der Waals surface area (Å²) >= 11 is 0. The van der Waals surface area contributed by atoms with Crippen molar-refractivity contribution in [3.8, 4) is 11.4 Å². The van der Waals surface area contributed by atoms with Crippen molar-refractivity contribution in [3.05, 3.63) is 35.7 Å². The van der Waals surface area contributed by atoms with Crippen LogP contribution in [0.4, 0.5) is 0 Å². The average Bonchev–Trinajstić information content (AvgIpc) is 2.97. The minimum Gasteiger partial charge on any atom is -0.468 e. The van der Waals surface area contributed by atoms with Gasteiger partial charge in [-0.25, -0.2) is 9.67 Å². The highest BCUT2D eigenvalue weighted by Crippen LogP contribution is 2.30. The Labute approximate surface area is 136 Å². The summed E-state index contributed by atoms with van der Waals surface area (Å²) in [6.07, 6.45) is 1.69. The Morgan fingerprint density at radius 3 is 2.57 bits per heavy atom. The van der Waals surface area contributed by atoms with Crippen LogP contribution < -0.4 is 0 Å². The number of fused-ring (bicyclic) bond motifs is 1. The van der Waals surface area contributed by atoms with Gasteiger partial charge in [0.1, 0.15) is 11.7 Å². The van der Waals surface area contributed by atoms with Crippen molar-refractivity contribution >= 4 is 5.97 Å². The van der Waals surface area contributed by atoms with E-state index in [1.54, 1.807) is 0 Å². The van der Waals surface area contributed by atoms with Crippen molar-refractivity contribution in [1.29, 1.82) is 0 Å². The Hall–Kier alpha value is -2.17. The zero-order chi connectivity index (χ0) is 16.6. The molecule has 0 saturated heterocycles. The molecule has 1 atom stereocenters. The summed E-state index contributed by atoms with van der Waals surface area (Å²) in [6, 6.07) is 8.34. The van der Waals surface area contributed by atoms with Crippen LogP contribution in [-0.2, 0) is 21.5 Å². The molecule has 0 amide bonds. The molecule has 0 fully saturated rings. The summed E-state index contributed by atoms with van der Waals surface area (Å²) < 4.78 is 6.74. The van der Waals surface area contributed by atoms with E-state index in [1.807, 2.05) is 4.68 Å². The number of aromatic nitrogens is 3. The van der Waals surface area contributed by atoms with Gasteiger partial charge in [-0.15, -0.1) is 0 Å². The lowest BCUT2D eigenvalue weighted by molar-refractivity contribution is -0.143. The molecule has 2 heterocycles. The number of carbonyl (C=O) groups excluding carboxylic acids is 1. The van der Waals surface area contributed by atoms with Gasteiger partial charge in [-0.2, -0.15) is 5.10 Å². The van der Waals surface area contributed by atoms with Crippen molar-refractivity contribution in [1.82, 2.24) is 14.8 Å². The molecule has 2 aromatic rings. The SMILES string of the molecule is COC(=O)C1CCCn2nc(-c3ccc(C(C)(C)C)cc3)nc21. The number of esters is 1. The highest BCUT2D eigenvalue weighted by molar-refractivity contribution is 5.77. The largest absolute Gasteiger partial charge is 0.468 e. The lowest BCUT2D eigenvalue weighted by atomic mass is 9.87. The van der Waals surface area contributed by atoms with Crippen molar-refractivity contribution in [3.63, 3.8) is 0 Å². The first-order valence-corrected chi connectivity index (χ1v) is 8.03. The molecule has 122 valence electrons. The molecule has 23 heavy (non-hydrogen) atoms. The molecular formula is C18H23N3O2. The normalized spacial score (nSPS) is 17.7. The van der Waals surface area contributed by atoms with Gasteiger partial charge in [0.15, 0.2) is 5.82 Å². The zero-order valence-electron chi connectivity index (χ0n) is 14.2. The van der Waals surface area contributed by atoms with E-state index >= 15 is 0 Å². The van der Waals surface area contributed by atoms with Crippen LogP contribution in [0.25, 0.3) is 11.4 Å². The van der Waals surface area contributed by atoms with Gasteiger partial charge in [-0.3, -0.25) is 4.79 Å². The summed E-state index contributed by atoms with van der Waals surface area (Å²) in [5, 5.41) is 4.58. The van der Waals surface area contributed by atoms with Gasteiger partial charge in [0.25, 0.3) is 0 Å². The van der Waals surface area contributed by atoms with Crippen LogP contribution in [0.2, 0.25) is 0 Å². The van der Waals surface area contributed by atoms with Crippen LogP contribution in [0.1, 0.15) is 50.9 Å². The molecule has 1 aromatic carbocycles. The Morgan fingerprint density at radius 2 is 1.96 bits per heavy atom. The molecule has 0 saturated carbocycles. The van der Waals surface area contributed by atoms with E-state index in [4.69, 9.17) is 4.74 Å². The summed E-state index contributed by atoms with van der Waals surface area (Å²) in [5.41, 5.74) is 2.37. The molecule has 5 heteroatoms. The number of benzene rings is 1. The van der Waals surface area contributed by atoms with Gasteiger partial charge in [0, 0.05) is 12.1 Å². The third-order valence-corrected chi connectivity index (χ3v) is 4.37. The van der Waals surface area contributed by atoms with Gasteiger partial charge in [-0.1, -0.05) is 45.0 Å². The van der Waals surface area contributed by atoms with Gasteiger partial charge < -0.3 is 4.74 Å². The molecule has 0 radical (unpaired) electrons. The van der Waals surface area contributed by atoms with Crippen molar-refractivity contribution < 1.29 is 9.53 Å². The van der Waals surface area contributed by atoms with E-state index < -0.39 is 0 Å². The standard InChI is InChI=1S/C18H23N3O2/c1-18(2,3)13-9-7-12(8-10-13)15-19-16-14(17(22)23-4)6-5-11-21(16)20-15/h7-10,14H,5-6,11H2,1-4H3. The number of methoxy groups -OCH3 is 1. The maximum absolute atomic E-state index is 11.9. The molecule has 3 rings (SSSR count). The van der Waals surface area contributed by atoms with Crippen molar-refractivity contribution in [2.24, 2.45) is 0 Å². The number of aryl methyl sites for hydroxylation is 1. The fourth-order valence-electron chi connectivity index (χ4n) is 2.96. The highest BCUT2D eigenvalue weighted by Gasteiger charge is 2.31. The molecule has 0 N–H and O–H groups in total. The van der Waals surface area contributed by atoms with E-state index in [-0.39, 0.29) is 17.3 Å². The monoisotopic (exact) mass is 313 g/mol. The Balaban J connectivity index is 1.93. The Bertz CT molecular complexity index is 711. The van der Waals surface area contributed by atoms with Crippen molar-refractivity contribution in [2.45, 2.75) is 51.5 Å². The second-order valence-electron chi connectivity index (χ2n) is 7.06.